The van der Waals surface area contributed by atoms with Crippen LogP contribution >= 0.6 is 12.2 Å². The first-order chi connectivity index (χ1) is 12.5. The molecule has 8 heteroatoms. The Morgan fingerprint density at radius 1 is 1.35 bits per heavy atom. The predicted molar refractivity (Wildman–Crippen MR) is 101 cm³/mol. The standard InChI is InChI=1S/C18H26N4O3S/c1-13(2)19-17(24)25-26-22-10-8-18(9-11-22)20-15(16(23)21-18)12-14-6-4-3-5-7-14/h3-7,13,15,20H,8-12H2,1-2H3,(H,19,24)(H,21,23). The Morgan fingerprint density at radius 2 is 2.04 bits per heavy atom. The van der Waals surface area contributed by atoms with Gasteiger partial charge in [0.05, 0.1) is 11.7 Å². The number of amides is 2. The summed E-state index contributed by atoms with van der Waals surface area (Å²) in [7, 11) is 0. The van der Waals surface area contributed by atoms with E-state index >= 15 is 0 Å². The average Bonchev–Trinajstić information content (AvgIpc) is 2.90. The van der Waals surface area contributed by atoms with Crippen LogP contribution in [0.25, 0.3) is 0 Å². The number of benzene rings is 1. The van der Waals surface area contributed by atoms with Crippen LogP contribution in [0.1, 0.15) is 32.3 Å². The van der Waals surface area contributed by atoms with E-state index in [1.807, 2.05) is 48.5 Å². The molecule has 0 aromatic heterocycles. The molecule has 1 unspecified atom stereocenters. The Bertz CT molecular complexity index is 633. The molecule has 0 bridgehead atoms. The summed E-state index contributed by atoms with van der Waals surface area (Å²) in [6.45, 7) is 5.23. The number of nitrogens with zero attached hydrogens (tertiary/aromatic N) is 1. The van der Waals surface area contributed by atoms with Crippen LogP contribution in [0, 0.1) is 0 Å². The van der Waals surface area contributed by atoms with E-state index < -0.39 is 6.09 Å². The Kier molecular flexibility index (Phi) is 6.05. The summed E-state index contributed by atoms with van der Waals surface area (Å²) in [6, 6.07) is 9.88. The molecule has 1 atom stereocenters. The van der Waals surface area contributed by atoms with Crippen LogP contribution < -0.4 is 16.0 Å². The number of carbonyl (C=O) groups is 2. The lowest BCUT2D eigenvalue weighted by Gasteiger charge is -2.38. The third-order valence-corrected chi connectivity index (χ3v) is 5.41. The van der Waals surface area contributed by atoms with Gasteiger partial charge in [0, 0.05) is 19.1 Å². The molecule has 1 spiro atoms. The molecule has 7 nitrogen and oxygen atoms in total. The first-order valence-corrected chi connectivity index (χ1v) is 9.69. The minimum Gasteiger partial charge on any atom is -0.358 e. The summed E-state index contributed by atoms with van der Waals surface area (Å²) in [5, 5.41) is 9.33. The molecule has 142 valence electrons. The number of hydrogen-bond donors (Lipinski definition) is 3. The zero-order valence-corrected chi connectivity index (χ0v) is 16.0. The molecule has 2 saturated heterocycles. The van der Waals surface area contributed by atoms with Crippen LogP contribution in [-0.2, 0) is 15.4 Å². The van der Waals surface area contributed by atoms with E-state index in [0.717, 1.165) is 43.7 Å². The van der Waals surface area contributed by atoms with Crippen LogP contribution in [-0.4, -0.2) is 47.1 Å². The van der Waals surface area contributed by atoms with Crippen LogP contribution in [0.2, 0.25) is 0 Å². The van der Waals surface area contributed by atoms with Gasteiger partial charge in [-0.2, -0.15) is 0 Å². The molecule has 26 heavy (non-hydrogen) atoms. The zero-order chi connectivity index (χ0) is 18.6. The Hall–Kier alpha value is -1.77. The van der Waals surface area contributed by atoms with Crippen LogP contribution in [0.4, 0.5) is 4.79 Å². The van der Waals surface area contributed by atoms with Gasteiger partial charge in [-0.3, -0.25) is 10.1 Å². The predicted octanol–water partition coefficient (Wildman–Crippen LogP) is 1.81. The zero-order valence-electron chi connectivity index (χ0n) is 15.2. The largest absolute Gasteiger partial charge is 0.420 e. The second-order valence-corrected chi connectivity index (χ2v) is 7.96. The summed E-state index contributed by atoms with van der Waals surface area (Å²) in [4.78, 5) is 23.9. The van der Waals surface area contributed by atoms with E-state index in [1.165, 1.54) is 0 Å². The topological polar surface area (TPSA) is 82.7 Å². The molecule has 1 aromatic rings. The van der Waals surface area contributed by atoms with Crippen molar-refractivity contribution in [2.24, 2.45) is 0 Å². The quantitative estimate of drug-likeness (QED) is 0.535. The number of hydrogen-bond acceptors (Lipinski definition) is 6. The van der Waals surface area contributed by atoms with Crippen LogP contribution in [0.3, 0.4) is 0 Å². The van der Waals surface area contributed by atoms with Gasteiger partial charge in [-0.25, -0.2) is 9.10 Å². The van der Waals surface area contributed by atoms with E-state index in [4.69, 9.17) is 4.18 Å². The van der Waals surface area contributed by atoms with Crippen molar-refractivity contribution in [2.75, 3.05) is 13.1 Å². The Labute approximate surface area is 158 Å². The van der Waals surface area contributed by atoms with Gasteiger partial charge < -0.3 is 14.8 Å². The van der Waals surface area contributed by atoms with E-state index in [-0.39, 0.29) is 23.7 Å². The minimum atomic E-state index is -0.430. The van der Waals surface area contributed by atoms with Gasteiger partial charge in [0.15, 0.2) is 12.2 Å². The summed E-state index contributed by atoms with van der Waals surface area (Å²) in [6.07, 6.45) is 1.80. The van der Waals surface area contributed by atoms with Crippen molar-refractivity contribution in [3.63, 3.8) is 0 Å². The van der Waals surface area contributed by atoms with Crippen molar-refractivity contribution < 1.29 is 13.8 Å². The third-order valence-electron chi connectivity index (χ3n) is 4.61. The molecule has 0 saturated carbocycles. The number of piperidine rings is 1. The molecular weight excluding hydrogens is 352 g/mol. The molecule has 2 aliphatic rings. The normalized spacial score (nSPS) is 22.4. The van der Waals surface area contributed by atoms with Crippen LogP contribution in [0.15, 0.2) is 30.3 Å². The van der Waals surface area contributed by atoms with Gasteiger partial charge in [0.2, 0.25) is 5.91 Å². The lowest BCUT2D eigenvalue weighted by Crippen LogP contribution is -2.56. The summed E-state index contributed by atoms with van der Waals surface area (Å²) in [5.41, 5.74) is 0.795. The maximum absolute atomic E-state index is 12.4. The highest BCUT2D eigenvalue weighted by Gasteiger charge is 2.45. The van der Waals surface area contributed by atoms with Gasteiger partial charge in [0.1, 0.15) is 0 Å². The minimum absolute atomic E-state index is 0.0483. The highest BCUT2D eigenvalue weighted by atomic mass is 32.2. The van der Waals surface area contributed by atoms with Crippen molar-refractivity contribution >= 4 is 24.2 Å². The van der Waals surface area contributed by atoms with Gasteiger partial charge in [0.25, 0.3) is 0 Å². The monoisotopic (exact) mass is 378 g/mol. The molecule has 2 aliphatic heterocycles. The van der Waals surface area contributed by atoms with Gasteiger partial charge in [-0.15, -0.1) is 0 Å². The fourth-order valence-corrected chi connectivity index (χ4v) is 3.86. The first kappa shape index (κ1) is 19.0. The molecule has 1 aromatic carbocycles. The second-order valence-electron chi connectivity index (χ2n) is 7.13. The second kappa shape index (κ2) is 8.28. The summed E-state index contributed by atoms with van der Waals surface area (Å²) >= 11 is 1.07. The van der Waals surface area contributed by atoms with Gasteiger partial charge >= 0.3 is 6.09 Å². The molecule has 2 heterocycles. The molecule has 0 radical (unpaired) electrons. The van der Waals surface area contributed by atoms with Crippen molar-refractivity contribution in [1.29, 1.82) is 0 Å². The van der Waals surface area contributed by atoms with E-state index in [1.54, 1.807) is 0 Å². The number of nitrogens with one attached hydrogen (secondary N) is 3. The first-order valence-electron chi connectivity index (χ1n) is 8.99. The molecule has 2 fully saturated rings. The summed E-state index contributed by atoms with van der Waals surface area (Å²) < 4.78 is 7.15. The van der Waals surface area contributed by atoms with Crippen molar-refractivity contribution in [2.45, 2.75) is 50.9 Å². The summed E-state index contributed by atoms with van der Waals surface area (Å²) in [5.74, 6) is 0.0579. The highest BCUT2D eigenvalue weighted by Crippen LogP contribution is 2.28. The fraction of sp³-hybridized carbons (Fsp3) is 0.556. The Morgan fingerprint density at radius 3 is 2.69 bits per heavy atom. The van der Waals surface area contributed by atoms with E-state index in [2.05, 4.69) is 16.0 Å². The van der Waals surface area contributed by atoms with E-state index in [9.17, 15) is 9.59 Å². The average molecular weight is 378 g/mol. The Balaban J connectivity index is 1.46. The molecular formula is C18H26N4O3S. The van der Waals surface area contributed by atoms with Gasteiger partial charge in [-0.05, 0) is 38.7 Å². The SMILES string of the molecule is CC(C)NC(=O)OSN1CCC2(CC1)NC(=O)C(Cc1ccccc1)N2. The molecule has 3 rings (SSSR count). The molecule has 3 N–H and O–H groups in total. The van der Waals surface area contributed by atoms with Crippen molar-refractivity contribution in [3.8, 4) is 0 Å². The molecule has 2 amide bonds. The maximum Gasteiger partial charge on any atom is 0.420 e. The fourth-order valence-electron chi connectivity index (χ4n) is 3.31. The van der Waals surface area contributed by atoms with E-state index in [0.29, 0.717) is 6.42 Å². The smallest absolute Gasteiger partial charge is 0.358 e. The molecule has 0 aliphatic carbocycles. The third kappa shape index (κ3) is 4.90. The maximum atomic E-state index is 12.4. The lowest BCUT2D eigenvalue weighted by atomic mass is 9.99. The highest BCUT2D eigenvalue weighted by molar-refractivity contribution is 7.92. The van der Waals surface area contributed by atoms with Crippen LogP contribution in [0.5, 0.6) is 0 Å². The number of rotatable bonds is 5. The van der Waals surface area contributed by atoms with Crippen molar-refractivity contribution in [3.05, 3.63) is 35.9 Å². The van der Waals surface area contributed by atoms with Gasteiger partial charge in [-0.1, -0.05) is 30.3 Å². The van der Waals surface area contributed by atoms with Crippen molar-refractivity contribution in [1.82, 2.24) is 20.3 Å². The number of carbonyl (C=O) groups excluding carboxylic acids is 2. The lowest BCUT2D eigenvalue weighted by molar-refractivity contribution is -0.121.